The molecular weight excluding hydrogens is 290 g/mol. The maximum Gasteiger partial charge on any atom is 0.410 e. The van der Waals surface area contributed by atoms with E-state index in [-0.39, 0.29) is 12.1 Å². The lowest BCUT2D eigenvalue weighted by atomic mass is 10.0. The molecule has 0 unspecified atom stereocenters. The summed E-state index contributed by atoms with van der Waals surface area (Å²) in [5.41, 5.74) is -0.0618. The van der Waals surface area contributed by atoms with E-state index in [1.807, 2.05) is 6.92 Å². The van der Waals surface area contributed by atoms with Gasteiger partial charge in [-0.2, -0.15) is 0 Å². The molecule has 1 aliphatic heterocycles. The van der Waals surface area contributed by atoms with Crippen molar-refractivity contribution in [1.29, 1.82) is 0 Å². The minimum atomic E-state index is -0.916. The molecule has 1 saturated heterocycles. The van der Waals surface area contributed by atoms with E-state index in [0.717, 1.165) is 12.1 Å². The predicted octanol–water partition coefficient (Wildman–Crippen LogP) is 3.23. The van der Waals surface area contributed by atoms with Gasteiger partial charge in [-0.3, -0.25) is 4.90 Å². The second-order valence-corrected chi connectivity index (χ2v) is 6.63. The minimum Gasteiger partial charge on any atom is -0.444 e. The predicted molar refractivity (Wildman–Crippen MR) is 79.5 cm³/mol. The van der Waals surface area contributed by atoms with Gasteiger partial charge in [0.25, 0.3) is 0 Å². The van der Waals surface area contributed by atoms with Crippen molar-refractivity contribution in [2.24, 2.45) is 0 Å². The quantitative estimate of drug-likeness (QED) is 0.865. The van der Waals surface area contributed by atoms with E-state index in [9.17, 15) is 13.6 Å². The highest BCUT2D eigenvalue weighted by atomic mass is 19.2. The Kier molecular flexibility index (Phi) is 4.70. The molecule has 0 radical (unpaired) electrons. The van der Waals surface area contributed by atoms with Gasteiger partial charge in [-0.25, -0.2) is 13.6 Å². The zero-order valence-electron chi connectivity index (χ0n) is 13.3. The van der Waals surface area contributed by atoms with Crippen LogP contribution in [0.25, 0.3) is 0 Å². The van der Waals surface area contributed by atoms with Gasteiger partial charge in [0.1, 0.15) is 5.60 Å². The van der Waals surface area contributed by atoms with Gasteiger partial charge in [0.15, 0.2) is 11.6 Å². The summed E-state index contributed by atoms with van der Waals surface area (Å²) < 4.78 is 32.0. The Morgan fingerprint density at radius 2 is 2.00 bits per heavy atom. The molecule has 1 N–H and O–H groups in total. The summed E-state index contributed by atoms with van der Waals surface area (Å²) in [6, 6.07) is 3.43. The molecule has 1 aromatic carbocycles. The molecule has 22 heavy (non-hydrogen) atoms. The number of benzene rings is 1. The summed E-state index contributed by atoms with van der Waals surface area (Å²) in [6.07, 6.45) is -0.449. The summed E-state index contributed by atoms with van der Waals surface area (Å²) in [5, 5.41) is 3.25. The lowest BCUT2D eigenvalue weighted by Gasteiger charge is -2.40. The van der Waals surface area contributed by atoms with Crippen LogP contribution in [0.15, 0.2) is 18.2 Å². The lowest BCUT2D eigenvalue weighted by Crippen LogP contribution is -2.54. The smallest absolute Gasteiger partial charge is 0.410 e. The van der Waals surface area contributed by atoms with E-state index in [1.54, 1.807) is 25.7 Å². The van der Waals surface area contributed by atoms with Gasteiger partial charge in [-0.15, -0.1) is 0 Å². The number of nitrogens with one attached hydrogen (secondary N) is 1. The number of nitrogens with zero attached hydrogens (tertiary/aromatic N) is 1. The number of amides is 1. The molecule has 2 atom stereocenters. The molecule has 0 saturated carbocycles. The molecule has 6 heteroatoms. The molecule has 4 nitrogen and oxygen atoms in total. The average Bonchev–Trinajstić information content (AvgIpc) is 2.40. The first-order valence-electron chi connectivity index (χ1n) is 7.35. The third kappa shape index (κ3) is 3.94. The first-order valence-corrected chi connectivity index (χ1v) is 7.35. The van der Waals surface area contributed by atoms with Crippen molar-refractivity contribution in [1.82, 2.24) is 10.2 Å². The van der Waals surface area contributed by atoms with Crippen LogP contribution in [0.5, 0.6) is 0 Å². The summed E-state index contributed by atoms with van der Waals surface area (Å²) in [4.78, 5) is 14.0. The molecule has 122 valence electrons. The SMILES string of the molecule is C[C@@H]1CN(C(=O)OC(C)(C)C)[C@H](c2ccc(F)c(F)c2)CN1. The van der Waals surface area contributed by atoms with Crippen molar-refractivity contribution >= 4 is 6.09 Å². The number of piperazine rings is 1. The Bertz CT molecular complexity index is 558. The number of hydrogen-bond acceptors (Lipinski definition) is 3. The Balaban J connectivity index is 2.26. The normalized spacial score (nSPS) is 22.5. The Morgan fingerprint density at radius 3 is 2.59 bits per heavy atom. The standard InChI is InChI=1S/C16H22F2N2O2/c1-10-9-20(15(21)22-16(2,3)4)14(8-19-10)11-5-6-12(17)13(18)7-11/h5-7,10,14,19H,8-9H2,1-4H3/t10-,14+/m1/s1. The maximum atomic E-state index is 13.5. The molecule has 1 amide bonds. The number of rotatable bonds is 1. The van der Waals surface area contributed by atoms with Crippen LogP contribution in [-0.2, 0) is 4.74 Å². The number of carbonyl (C=O) groups is 1. The van der Waals surface area contributed by atoms with Gasteiger partial charge in [-0.1, -0.05) is 6.07 Å². The monoisotopic (exact) mass is 312 g/mol. The summed E-state index contributed by atoms with van der Waals surface area (Å²) in [5.74, 6) is -1.81. The minimum absolute atomic E-state index is 0.106. The van der Waals surface area contributed by atoms with E-state index >= 15 is 0 Å². The van der Waals surface area contributed by atoms with Crippen molar-refractivity contribution < 1.29 is 18.3 Å². The topological polar surface area (TPSA) is 41.6 Å². The van der Waals surface area contributed by atoms with E-state index in [1.165, 1.54) is 6.07 Å². The molecule has 1 aromatic rings. The van der Waals surface area contributed by atoms with Gasteiger partial charge in [0.05, 0.1) is 6.04 Å². The Hall–Kier alpha value is -1.69. The summed E-state index contributed by atoms with van der Waals surface area (Å²) in [6.45, 7) is 8.25. The number of carbonyl (C=O) groups excluding carboxylic acids is 1. The number of hydrogen-bond donors (Lipinski definition) is 1. The van der Waals surface area contributed by atoms with Crippen LogP contribution in [0.4, 0.5) is 13.6 Å². The van der Waals surface area contributed by atoms with E-state index in [2.05, 4.69) is 5.32 Å². The second-order valence-electron chi connectivity index (χ2n) is 6.63. The van der Waals surface area contributed by atoms with Crippen molar-refractivity contribution in [2.75, 3.05) is 13.1 Å². The molecule has 2 rings (SSSR count). The number of ether oxygens (including phenoxy) is 1. The largest absolute Gasteiger partial charge is 0.444 e. The van der Waals surface area contributed by atoms with Crippen molar-refractivity contribution in [3.63, 3.8) is 0 Å². The Labute approximate surface area is 129 Å². The van der Waals surface area contributed by atoms with Gasteiger partial charge in [0, 0.05) is 19.1 Å². The van der Waals surface area contributed by atoms with Crippen molar-refractivity contribution in [3.8, 4) is 0 Å². The highest BCUT2D eigenvalue weighted by molar-refractivity contribution is 5.69. The van der Waals surface area contributed by atoms with Crippen LogP contribution in [-0.4, -0.2) is 35.7 Å². The fourth-order valence-corrected chi connectivity index (χ4v) is 2.45. The molecule has 0 aliphatic carbocycles. The van der Waals surface area contributed by atoms with Crippen molar-refractivity contribution in [3.05, 3.63) is 35.4 Å². The third-order valence-corrected chi connectivity index (χ3v) is 3.46. The van der Waals surface area contributed by atoms with Crippen molar-refractivity contribution in [2.45, 2.75) is 45.4 Å². The van der Waals surface area contributed by atoms with Gasteiger partial charge >= 0.3 is 6.09 Å². The van der Waals surface area contributed by atoms with Crippen LogP contribution < -0.4 is 5.32 Å². The zero-order valence-corrected chi connectivity index (χ0v) is 13.3. The van der Waals surface area contributed by atoms with Crippen LogP contribution in [0.1, 0.15) is 39.3 Å². The van der Waals surface area contributed by atoms with Crippen LogP contribution in [0.3, 0.4) is 0 Å². The second kappa shape index (κ2) is 6.20. The van der Waals surface area contributed by atoms with E-state index in [0.29, 0.717) is 18.7 Å². The van der Waals surface area contributed by atoms with E-state index in [4.69, 9.17) is 4.74 Å². The van der Waals surface area contributed by atoms with Crippen LogP contribution in [0.2, 0.25) is 0 Å². The highest BCUT2D eigenvalue weighted by Gasteiger charge is 2.34. The molecule has 1 fully saturated rings. The molecule has 0 spiro atoms. The van der Waals surface area contributed by atoms with E-state index < -0.39 is 23.3 Å². The average molecular weight is 312 g/mol. The van der Waals surface area contributed by atoms with Crippen LogP contribution in [0, 0.1) is 11.6 Å². The molecule has 0 aromatic heterocycles. The highest BCUT2D eigenvalue weighted by Crippen LogP contribution is 2.27. The van der Waals surface area contributed by atoms with Gasteiger partial charge in [0.2, 0.25) is 0 Å². The maximum absolute atomic E-state index is 13.5. The summed E-state index contributed by atoms with van der Waals surface area (Å²) in [7, 11) is 0. The van der Waals surface area contributed by atoms with Gasteiger partial charge in [-0.05, 0) is 45.4 Å². The molecule has 0 bridgehead atoms. The van der Waals surface area contributed by atoms with Gasteiger partial charge < -0.3 is 10.1 Å². The first kappa shape index (κ1) is 16.7. The third-order valence-electron chi connectivity index (χ3n) is 3.46. The fourth-order valence-electron chi connectivity index (χ4n) is 2.45. The lowest BCUT2D eigenvalue weighted by molar-refractivity contribution is 0.00782. The first-order chi connectivity index (χ1) is 10.2. The van der Waals surface area contributed by atoms with Crippen LogP contribution >= 0.6 is 0 Å². The zero-order chi connectivity index (χ0) is 16.5. The summed E-state index contributed by atoms with van der Waals surface area (Å²) >= 11 is 0. The fraction of sp³-hybridized carbons (Fsp3) is 0.562. The molecule has 1 heterocycles. The molecule has 1 aliphatic rings. The molecular formula is C16H22F2N2O2. The Morgan fingerprint density at radius 1 is 1.32 bits per heavy atom. The number of halogens is 2.